The monoisotopic (exact) mass is 284 g/mol. The number of ether oxygens (including phenoxy) is 1. The van der Waals surface area contributed by atoms with Gasteiger partial charge < -0.3 is 15.8 Å². The fraction of sp³-hybridized carbons (Fsp3) is 0.125. The van der Waals surface area contributed by atoms with Crippen molar-refractivity contribution >= 4 is 17.5 Å². The minimum Gasteiger partial charge on any atom is -0.496 e. The van der Waals surface area contributed by atoms with Crippen LogP contribution in [0.1, 0.15) is 15.9 Å². The van der Waals surface area contributed by atoms with Crippen LogP contribution in [0.2, 0.25) is 0 Å². The van der Waals surface area contributed by atoms with Crippen LogP contribution in [-0.4, -0.2) is 18.9 Å². The number of nitrogens with two attached hydrogens (primary N) is 1. The number of benzene rings is 2. The second kappa shape index (κ2) is 6.56. The number of para-hydroxylation sites is 1. The lowest BCUT2D eigenvalue weighted by Crippen LogP contribution is -2.14. The van der Waals surface area contributed by atoms with E-state index in [1.807, 2.05) is 0 Å². The summed E-state index contributed by atoms with van der Waals surface area (Å²) in [5, 5.41) is 2.78. The quantitative estimate of drug-likeness (QED) is 0.880. The normalized spacial score (nSPS) is 9.95. The summed E-state index contributed by atoms with van der Waals surface area (Å²) in [5.74, 6) is -0.128. The molecule has 2 aromatic carbocycles. The summed E-state index contributed by atoms with van der Waals surface area (Å²) in [6, 6.07) is 13.9. The molecular weight excluding hydrogens is 268 g/mol. The van der Waals surface area contributed by atoms with Crippen molar-refractivity contribution in [1.82, 2.24) is 0 Å². The highest BCUT2D eigenvalue weighted by Crippen LogP contribution is 2.19. The Morgan fingerprint density at radius 1 is 1.10 bits per heavy atom. The molecule has 0 aliphatic carbocycles. The van der Waals surface area contributed by atoms with Gasteiger partial charge in [-0.15, -0.1) is 0 Å². The standard InChI is InChI=1S/C16H16N2O3/c1-21-14-5-3-2-4-13(14)16(20)18-12-8-6-11(7-9-12)10-15(17)19/h2-9H,10H2,1H3,(H2,17,19)(H,18,20). The zero-order chi connectivity index (χ0) is 15.2. The number of hydrogen-bond donors (Lipinski definition) is 2. The molecule has 0 aliphatic rings. The molecule has 0 bridgehead atoms. The van der Waals surface area contributed by atoms with Crippen molar-refractivity contribution in [2.75, 3.05) is 12.4 Å². The number of amides is 2. The Hall–Kier alpha value is -2.82. The molecule has 5 heteroatoms. The highest BCUT2D eigenvalue weighted by molar-refractivity contribution is 6.06. The Morgan fingerprint density at radius 3 is 2.38 bits per heavy atom. The average Bonchev–Trinajstić information content (AvgIpc) is 2.48. The number of carbonyl (C=O) groups is 2. The number of nitrogens with one attached hydrogen (secondary N) is 1. The molecule has 0 aromatic heterocycles. The summed E-state index contributed by atoms with van der Waals surface area (Å²) in [7, 11) is 1.52. The molecule has 0 heterocycles. The fourth-order valence-electron chi connectivity index (χ4n) is 1.94. The van der Waals surface area contributed by atoms with Gasteiger partial charge in [0.1, 0.15) is 5.75 Å². The van der Waals surface area contributed by atoms with Gasteiger partial charge in [0, 0.05) is 5.69 Å². The minimum absolute atomic E-state index is 0.181. The fourth-order valence-corrected chi connectivity index (χ4v) is 1.94. The van der Waals surface area contributed by atoms with E-state index in [2.05, 4.69) is 5.32 Å². The van der Waals surface area contributed by atoms with Gasteiger partial charge in [0.25, 0.3) is 5.91 Å². The van der Waals surface area contributed by atoms with Gasteiger partial charge in [-0.3, -0.25) is 9.59 Å². The highest BCUT2D eigenvalue weighted by atomic mass is 16.5. The van der Waals surface area contributed by atoms with Crippen molar-refractivity contribution in [3.63, 3.8) is 0 Å². The van der Waals surface area contributed by atoms with E-state index in [4.69, 9.17) is 10.5 Å². The molecule has 0 unspecified atom stereocenters. The average molecular weight is 284 g/mol. The van der Waals surface area contributed by atoms with E-state index in [-0.39, 0.29) is 18.2 Å². The zero-order valence-corrected chi connectivity index (χ0v) is 11.6. The summed E-state index contributed by atoms with van der Waals surface area (Å²) in [6.45, 7) is 0. The van der Waals surface area contributed by atoms with E-state index in [0.717, 1.165) is 5.56 Å². The Balaban J connectivity index is 2.10. The Kier molecular flexibility index (Phi) is 4.56. The molecule has 0 spiro atoms. The van der Waals surface area contributed by atoms with Crippen LogP contribution in [0.3, 0.4) is 0 Å². The molecular formula is C16H16N2O3. The van der Waals surface area contributed by atoms with Gasteiger partial charge >= 0.3 is 0 Å². The van der Waals surface area contributed by atoms with Crippen LogP contribution in [0.4, 0.5) is 5.69 Å². The molecule has 2 amide bonds. The van der Waals surface area contributed by atoms with E-state index >= 15 is 0 Å². The van der Waals surface area contributed by atoms with Crippen LogP contribution in [0, 0.1) is 0 Å². The molecule has 0 atom stereocenters. The predicted octanol–water partition coefficient (Wildman–Crippen LogP) is 1.98. The van der Waals surface area contributed by atoms with E-state index in [1.54, 1.807) is 48.5 Å². The largest absolute Gasteiger partial charge is 0.496 e. The SMILES string of the molecule is COc1ccccc1C(=O)Nc1ccc(CC(N)=O)cc1. The van der Waals surface area contributed by atoms with Gasteiger partial charge in [-0.05, 0) is 29.8 Å². The second-order valence-corrected chi connectivity index (χ2v) is 4.49. The van der Waals surface area contributed by atoms with Crippen molar-refractivity contribution in [3.8, 4) is 5.75 Å². The van der Waals surface area contributed by atoms with E-state index in [9.17, 15) is 9.59 Å². The third kappa shape index (κ3) is 3.82. The maximum Gasteiger partial charge on any atom is 0.259 e. The molecule has 0 radical (unpaired) electrons. The predicted molar refractivity (Wildman–Crippen MR) is 80.3 cm³/mol. The van der Waals surface area contributed by atoms with Crippen LogP contribution in [0.25, 0.3) is 0 Å². The highest BCUT2D eigenvalue weighted by Gasteiger charge is 2.11. The lowest BCUT2D eigenvalue weighted by Gasteiger charge is -2.09. The summed E-state index contributed by atoms with van der Waals surface area (Å²) in [6.07, 6.45) is 0.181. The summed E-state index contributed by atoms with van der Waals surface area (Å²) >= 11 is 0. The van der Waals surface area contributed by atoms with Gasteiger partial charge in [0.15, 0.2) is 0 Å². The number of carbonyl (C=O) groups excluding carboxylic acids is 2. The molecule has 21 heavy (non-hydrogen) atoms. The van der Waals surface area contributed by atoms with E-state index < -0.39 is 0 Å². The molecule has 108 valence electrons. The second-order valence-electron chi connectivity index (χ2n) is 4.49. The number of primary amides is 1. The van der Waals surface area contributed by atoms with Crippen LogP contribution >= 0.6 is 0 Å². The van der Waals surface area contributed by atoms with Gasteiger partial charge in [-0.1, -0.05) is 24.3 Å². The number of hydrogen-bond acceptors (Lipinski definition) is 3. The summed E-state index contributed by atoms with van der Waals surface area (Å²) < 4.78 is 5.15. The molecule has 3 N–H and O–H groups in total. The minimum atomic E-state index is -0.388. The molecule has 0 saturated carbocycles. The topological polar surface area (TPSA) is 81.4 Å². The van der Waals surface area contributed by atoms with Gasteiger partial charge in [0.05, 0.1) is 19.1 Å². The Morgan fingerprint density at radius 2 is 1.76 bits per heavy atom. The molecule has 2 rings (SSSR count). The molecule has 0 saturated heterocycles. The van der Waals surface area contributed by atoms with Crippen molar-refractivity contribution in [2.24, 2.45) is 5.73 Å². The Bertz CT molecular complexity index is 651. The van der Waals surface area contributed by atoms with Gasteiger partial charge in [-0.25, -0.2) is 0 Å². The third-order valence-electron chi connectivity index (χ3n) is 2.94. The van der Waals surface area contributed by atoms with Crippen molar-refractivity contribution in [1.29, 1.82) is 0 Å². The molecule has 2 aromatic rings. The maximum absolute atomic E-state index is 12.2. The van der Waals surface area contributed by atoms with Crippen LogP contribution in [-0.2, 0) is 11.2 Å². The number of anilines is 1. The van der Waals surface area contributed by atoms with Crippen LogP contribution in [0.5, 0.6) is 5.75 Å². The maximum atomic E-state index is 12.2. The Labute approximate surface area is 122 Å². The van der Waals surface area contributed by atoms with Crippen molar-refractivity contribution < 1.29 is 14.3 Å². The summed E-state index contributed by atoms with van der Waals surface area (Å²) in [5.41, 5.74) is 7.03. The molecule has 0 aliphatic heterocycles. The first-order chi connectivity index (χ1) is 10.1. The van der Waals surface area contributed by atoms with Gasteiger partial charge in [-0.2, -0.15) is 0 Å². The smallest absolute Gasteiger partial charge is 0.259 e. The van der Waals surface area contributed by atoms with Crippen molar-refractivity contribution in [3.05, 3.63) is 59.7 Å². The first-order valence-electron chi connectivity index (χ1n) is 6.42. The lowest BCUT2D eigenvalue weighted by molar-refractivity contribution is -0.117. The number of methoxy groups -OCH3 is 1. The van der Waals surface area contributed by atoms with Gasteiger partial charge in [0.2, 0.25) is 5.91 Å². The molecule has 5 nitrogen and oxygen atoms in total. The zero-order valence-electron chi connectivity index (χ0n) is 11.6. The first-order valence-corrected chi connectivity index (χ1v) is 6.42. The van der Waals surface area contributed by atoms with Crippen LogP contribution < -0.4 is 15.8 Å². The lowest BCUT2D eigenvalue weighted by atomic mass is 10.1. The molecule has 0 fully saturated rings. The van der Waals surface area contributed by atoms with Crippen molar-refractivity contribution in [2.45, 2.75) is 6.42 Å². The third-order valence-corrected chi connectivity index (χ3v) is 2.94. The van der Waals surface area contributed by atoms with E-state index in [0.29, 0.717) is 17.0 Å². The van der Waals surface area contributed by atoms with Crippen LogP contribution in [0.15, 0.2) is 48.5 Å². The van der Waals surface area contributed by atoms with E-state index in [1.165, 1.54) is 7.11 Å². The summed E-state index contributed by atoms with van der Waals surface area (Å²) in [4.78, 5) is 23.0. The first kappa shape index (κ1) is 14.6. The number of rotatable bonds is 5.